The van der Waals surface area contributed by atoms with E-state index in [2.05, 4.69) is 176 Å². The first-order valence-corrected chi connectivity index (χ1v) is 42.9. The summed E-state index contributed by atoms with van der Waals surface area (Å²) in [6.45, 7) is 7.28. The Morgan fingerprint density at radius 1 is 0.293 bits per heavy atom. The van der Waals surface area contributed by atoms with Crippen molar-refractivity contribution < 1.29 is 26.0 Å². The van der Waals surface area contributed by atoms with E-state index in [-0.39, 0.29) is 114 Å². The Hall–Kier alpha value is -14.0. The highest BCUT2D eigenvalue weighted by Crippen LogP contribution is 2.47. The highest BCUT2D eigenvalue weighted by Gasteiger charge is 2.45. The predicted octanol–water partition coefficient (Wildman–Crippen LogP) is 29.5. The molecule has 0 fully saturated rings. The van der Waals surface area contributed by atoms with Crippen LogP contribution in [0, 0.1) is 6.92 Å². The van der Waals surface area contributed by atoms with Gasteiger partial charge in [0.2, 0.25) is 0 Å². The number of unbranched alkanes of at least 4 members (excludes halogenated alkanes) is 5. The van der Waals surface area contributed by atoms with Gasteiger partial charge in [-0.15, -0.1) is 0 Å². The van der Waals surface area contributed by atoms with E-state index < -0.39 is 109 Å². The Labute approximate surface area is 751 Å². The van der Waals surface area contributed by atoms with E-state index >= 15 is 0 Å². The largest absolute Gasteiger partial charge is 0.342 e. The Balaban J connectivity index is 0.783. The van der Waals surface area contributed by atoms with Gasteiger partial charge in [-0.1, -0.05) is 379 Å². The van der Waals surface area contributed by atoms with Gasteiger partial charge in [0.25, 0.3) is 6.71 Å². The van der Waals surface area contributed by atoms with Gasteiger partial charge in [-0.2, -0.15) is 0 Å². The minimum atomic E-state index is -1.30. The zero-order valence-electron chi connectivity index (χ0n) is 88.2. The Morgan fingerprint density at radius 3 is 1.15 bits per heavy atom. The van der Waals surface area contributed by atoms with Crippen LogP contribution in [0.4, 0.5) is 22.7 Å². The molecule has 0 saturated heterocycles. The molecular weight excluding hydrogens is 1480 g/mol. The molecule has 2 aliphatic heterocycles. The summed E-state index contributed by atoms with van der Waals surface area (Å²) >= 11 is 0. The maximum absolute atomic E-state index is 11.5. The van der Waals surface area contributed by atoms with E-state index in [9.17, 15) is 26.0 Å². The van der Waals surface area contributed by atoms with Gasteiger partial charge in [-0.05, 0) is 233 Å². The van der Waals surface area contributed by atoms with E-state index in [0.29, 0.717) is 84.2 Å². The molecule has 0 N–H and O–H groups in total. The molecule has 0 aliphatic carbocycles. The van der Waals surface area contributed by atoms with Crippen molar-refractivity contribution in [3.63, 3.8) is 0 Å². The van der Waals surface area contributed by atoms with Crippen LogP contribution in [0.25, 0.3) is 144 Å². The zero-order valence-corrected chi connectivity index (χ0v) is 69.2. The second kappa shape index (κ2) is 32.9. The van der Waals surface area contributed by atoms with Crippen LogP contribution in [0.5, 0.6) is 0 Å². The van der Waals surface area contributed by atoms with Crippen LogP contribution >= 0.6 is 0 Å². The molecule has 2 aliphatic rings. The summed E-state index contributed by atoms with van der Waals surface area (Å²) in [5.74, 6) is 0. The summed E-state index contributed by atoms with van der Waals surface area (Å²) in [7, 11) is 0. The number of aromatic nitrogens is 2. The van der Waals surface area contributed by atoms with Gasteiger partial charge in [-0.25, -0.2) is 0 Å². The van der Waals surface area contributed by atoms with Crippen LogP contribution in [0.3, 0.4) is 0 Å². The molecule has 0 unspecified atom stereocenters. The minimum absolute atomic E-state index is 0.0109. The number of hydrogen-bond donors (Lipinski definition) is 0. The first kappa shape index (κ1) is 58.0. The number of hydrogen-bond acceptors (Lipinski definition) is 2. The first-order chi connectivity index (χ1) is 68.6. The summed E-state index contributed by atoms with van der Waals surface area (Å²) < 4.78 is 196. The second-order valence-electron chi connectivity index (χ2n) is 33.4. The van der Waals surface area contributed by atoms with Gasteiger partial charge < -0.3 is 18.9 Å². The van der Waals surface area contributed by atoms with Crippen molar-refractivity contribution in [3.8, 4) is 100 Å². The fraction of sp³-hybridized carbons (Fsp3) is 0.136. The van der Waals surface area contributed by atoms with Crippen LogP contribution in [0.1, 0.15) is 114 Å². The molecule has 0 atom stereocenters. The third-order valence-corrected chi connectivity index (χ3v) is 25.0. The number of rotatable bonds is 23. The molecule has 0 spiro atoms. The van der Waals surface area contributed by atoms with Crippen LogP contribution in [-0.2, 0) is 18.3 Å². The second-order valence-corrected chi connectivity index (χ2v) is 33.4. The Morgan fingerprint density at radius 2 is 0.667 bits per heavy atom. The van der Waals surface area contributed by atoms with Crippen molar-refractivity contribution in [2.75, 3.05) is 22.9 Å². The lowest BCUT2D eigenvalue weighted by molar-refractivity contribution is 0.589. The molecule has 21 rings (SSSR count). The number of para-hydroxylation sites is 2. The molecule has 17 aromatic carbocycles. The van der Waals surface area contributed by atoms with Crippen molar-refractivity contribution in [2.45, 2.75) is 90.9 Å². The van der Waals surface area contributed by atoms with E-state index in [0.717, 1.165) is 85.2 Å². The number of anilines is 4. The molecule has 4 nitrogen and oxygen atoms in total. The lowest BCUT2D eigenvalue weighted by Gasteiger charge is -2.46. The van der Waals surface area contributed by atoms with Crippen LogP contribution < -0.4 is 26.2 Å². The van der Waals surface area contributed by atoms with Crippen molar-refractivity contribution in [2.24, 2.45) is 0 Å². The average molecular weight is 1600 g/mol. The van der Waals surface area contributed by atoms with E-state index in [1.165, 1.54) is 20.3 Å². The summed E-state index contributed by atoms with van der Waals surface area (Å²) in [5, 5.41) is -0.685. The molecule has 5 heteroatoms. The third kappa shape index (κ3) is 14.3. The summed E-state index contributed by atoms with van der Waals surface area (Å²) in [6.07, 6.45) is 5.86. The highest BCUT2D eigenvalue weighted by molar-refractivity contribution is 7.00. The first-order valence-electron chi connectivity index (χ1n) is 52.4. The quantitative estimate of drug-likeness (QED) is 0.0469. The normalized spacial score (nSPS) is 14.5. The smallest absolute Gasteiger partial charge is 0.252 e. The highest BCUT2D eigenvalue weighted by atomic mass is 15.2. The molecule has 0 radical (unpaired) electrons. The number of fused-ring (bicyclic) bond motifs is 10. The summed E-state index contributed by atoms with van der Waals surface area (Å²) in [5.41, 5.74) is 18.3. The van der Waals surface area contributed by atoms with Crippen molar-refractivity contribution in [1.29, 1.82) is 0 Å². The standard InChI is InChI=1S/C118H99BN4/c1-81-108(123-110-57-31-29-51-103(110)105-70-67-93(77-112(105)123)85-42-20-10-21-43-85)73-72-107-117(81)121(75-32-6-5-26-48-101-98(90-62-58-86(59-63-90)82-36-14-7-15-37-82)54-35-55-99(101)91-64-60-87(61-65-91)83-38-16-8-17-39-83)115-79-94(118(2,3)4)78-114-116(115)119(107)106-71-68-95(122-109-56-30-28-50-102(109)104-69-66-92(76-111(104)122)84-40-18-9-19-41-84)80-113(106)120(114)74-33-13-27-49-100-96(88-44-22-11-23-45-88)52-34-53-97(100)89-46-24-12-25-47-89/h7-12,14-25,28-31,34-47,50-73,76-80H,5-6,13,26-27,32-33,48-49,74-75H2,1-4H3/i28D,29D,30D,31D,50D,51D,56D,57D,66D,67D,68D,69D,70D,71D,72D,73D,76D,77D,80D. The van der Waals surface area contributed by atoms with Crippen molar-refractivity contribution >= 4 is 89.5 Å². The van der Waals surface area contributed by atoms with Gasteiger partial charge in [-0.3, -0.25) is 0 Å². The number of benzene rings is 17. The molecule has 2 aromatic heterocycles. The van der Waals surface area contributed by atoms with E-state index in [4.69, 9.17) is 0 Å². The fourth-order valence-corrected chi connectivity index (χ4v) is 18.9. The monoisotopic (exact) mass is 1600 g/mol. The molecule has 0 amide bonds. The fourth-order valence-electron chi connectivity index (χ4n) is 18.9. The molecule has 0 bridgehead atoms. The molecule has 4 heterocycles. The molecule has 123 heavy (non-hydrogen) atoms. The summed E-state index contributed by atoms with van der Waals surface area (Å²) in [6, 6.07) is 84.0. The van der Waals surface area contributed by atoms with Gasteiger partial charge in [0.15, 0.2) is 0 Å². The zero-order chi connectivity index (χ0) is 99.0. The van der Waals surface area contributed by atoms with Crippen molar-refractivity contribution in [1.82, 2.24) is 9.13 Å². The third-order valence-electron chi connectivity index (χ3n) is 25.0. The topological polar surface area (TPSA) is 16.3 Å². The minimum Gasteiger partial charge on any atom is -0.342 e. The van der Waals surface area contributed by atoms with Crippen LogP contribution in [-0.4, -0.2) is 28.9 Å². The van der Waals surface area contributed by atoms with E-state index in [1.807, 2.05) is 72.8 Å². The summed E-state index contributed by atoms with van der Waals surface area (Å²) in [4.78, 5) is 4.25. The van der Waals surface area contributed by atoms with Gasteiger partial charge in [0, 0.05) is 63.1 Å². The number of nitrogens with zero attached hydrogens (tertiary/aromatic N) is 4. The van der Waals surface area contributed by atoms with Gasteiger partial charge in [0.1, 0.15) is 0 Å². The van der Waals surface area contributed by atoms with Gasteiger partial charge in [0.05, 0.1) is 53.8 Å². The van der Waals surface area contributed by atoms with Crippen molar-refractivity contribution in [3.05, 3.63) is 416 Å². The van der Waals surface area contributed by atoms with Gasteiger partial charge >= 0.3 is 0 Å². The lowest BCUT2D eigenvalue weighted by Crippen LogP contribution is -2.62. The van der Waals surface area contributed by atoms with E-state index in [1.54, 1.807) is 67.6 Å². The lowest BCUT2D eigenvalue weighted by atomic mass is 9.33. The Kier molecular flexibility index (Phi) is 15.5. The molecular formula is C118H99BN4. The maximum atomic E-state index is 11.5. The SMILES string of the molecule is [2H]c1c([2H])c(-n2c3c([2H])c([2H])c([2H])c([2H])c3c3c([2H])c([2H])c(-c4ccccc4)c([2H])c32)c([2H])c2c1B1c3c(cc(C(C)(C)C)cc3N(CCCCCCc3c(-c4ccc(-c5ccccc5)cc4)cccc3-c3ccc(-c4ccccc4)cc3)c3c(C)c(-n4c5c([2H])c([2H])c([2H])c([2H])c5c5c([2H])c([2H])c(-c6ccccc6)c([2H])c54)c([2H])c([2H])c31)N2CCCCCc1c(-c2ccccc2)cccc1-c1ccccc1. The van der Waals surface area contributed by atoms with Crippen LogP contribution in [0.2, 0.25) is 0 Å². The molecule has 0 saturated carbocycles. The molecule has 19 aromatic rings. The van der Waals surface area contributed by atoms with Crippen LogP contribution in [0.15, 0.2) is 394 Å². The maximum Gasteiger partial charge on any atom is 0.252 e. The Bertz CT molecular complexity index is 8160. The predicted molar refractivity (Wildman–Crippen MR) is 526 cm³/mol. The molecule has 594 valence electrons. The average Bonchev–Trinajstić information content (AvgIpc) is 1.10.